The van der Waals surface area contributed by atoms with Crippen LogP contribution in [0, 0.1) is 6.92 Å². The van der Waals surface area contributed by atoms with E-state index in [0.717, 1.165) is 23.8 Å². The van der Waals surface area contributed by atoms with E-state index in [9.17, 15) is 0 Å². The van der Waals surface area contributed by atoms with Crippen LogP contribution in [0.2, 0.25) is 0 Å². The normalized spacial score (nSPS) is 10.6. The molecule has 2 aromatic carbocycles. The van der Waals surface area contributed by atoms with Crippen LogP contribution >= 0.6 is 24.0 Å². The summed E-state index contributed by atoms with van der Waals surface area (Å²) >= 11 is 0. The molecular formula is C21H30IN3O3. The number of methoxy groups -OCH3 is 2. The maximum atomic E-state index is 5.73. The summed E-state index contributed by atoms with van der Waals surface area (Å²) in [6.45, 7) is 6.64. The Morgan fingerprint density at radius 1 is 0.964 bits per heavy atom. The summed E-state index contributed by atoms with van der Waals surface area (Å²) in [6.07, 6.45) is 0. The molecule has 0 radical (unpaired) electrons. The number of aliphatic imine (C=N–C) groups is 1. The Morgan fingerprint density at radius 2 is 1.68 bits per heavy atom. The van der Waals surface area contributed by atoms with Gasteiger partial charge < -0.3 is 24.8 Å². The molecule has 0 aliphatic heterocycles. The summed E-state index contributed by atoms with van der Waals surface area (Å²) in [5.41, 5.74) is 2.26. The molecule has 0 saturated heterocycles. The van der Waals surface area contributed by atoms with Gasteiger partial charge in [-0.2, -0.15) is 0 Å². The second kappa shape index (κ2) is 13.1. The molecule has 0 heterocycles. The van der Waals surface area contributed by atoms with Crippen molar-refractivity contribution in [3.63, 3.8) is 0 Å². The topological polar surface area (TPSA) is 64.1 Å². The Balaban J connectivity index is 0.00000392. The summed E-state index contributed by atoms with van der Waals surface area (Å²) in [7, 11) is 3.26. The fraction of sp³-hybridized carbons (Fsp3) is 0.381. The fourth-order valence-corrected chi connectivity index (χ4v) is 2.46. The minimum atomic E-state index is 0. The Hall–Kier alpha value is -2.16. The van der Waals surface area contributed by atoms with Crippen molar-refractivity contribution in [2.45, 2.75) is 20.4 Å². The monoisotopic (exact) mass is 499 g/mol. The van der Waals surface area contributed by atoms with Gasteiger partial charge >= 0.3 is 0 Å². The van der Waals surface area contributed by atoms with Gasteiger partial charge in [-0.25, -0.2) is 4.99 Å². The zero-order valence-corrected chi connectivity index (χ0v) is 19.3. The third-order valence-corrected chi connectivity index (χ3v) is 3.90. The largest absolute Gasteiger partial charge is 0.493 e. The van der Waals surface area contributed by atoms with E-state index in [1.165, 1.54) is 5.56 Å². The lowest BCUT2D eigenvalue weighted by atomic mass is 10.2. The number of nitrogens with one attached hydrogen (secondary N) is 2. The lowest BCUT2D eigenvalue weighted by molar-refractivity contribution is 0.322. The number of nitrogens with zero attached hydrogens (tertiary/aromatic N) is 1. The van der Waals surface area contributed by atoms with Gasteiger partial charge in [0.2, 0.25) is 0 Å². The lowest BCUT2D eigenvalue weighted by Crippen LogP contribution is -2.39. The quantitative estimate of drug-likeness (QED) is 0.238. The number of rotatable bonds is 9. The third-order valence-electron chi connectivity index (χ3n) is 3.90. The fourth-order valence-electron chi connectivity index (χ4n) is 2.46. The summed E-state index contributed by atoms with van der Waals surface area (Å²) < 4.78 is 16.3. The van der Waals surface area contributed by atoms with Crippen LogP contribution in [0.3, 0.4) is 0 Å². The second-order valence-corrected chi connectivity index (χ2v) is 5.97. The number of benzene rings is 2. The van der Waals surface area contributed by atoms with Gasteiger partial charge in [0.15, 0.2) is 17.5 Å². The van der Waals surface area contributed by atoms with Crippen molar-refractivity contribution in [2.24, 2.45) is 4.99 Å². The molecule has 0 saturated carbocycles. The number of aryl methyl sites for hydroxylation is 1. The van der Waals surface area contributed by atoms with Crippen LogP contribution in [0.5, 0.6) is 17.2 Å². The minimum absolute atomic E-state index is 0. The van der Waals surface area contributed by atoms with Crippen molar-refractivity contribution in [2.75, 3.05) is 33.9 Å². The average molecular weight is 499 g/mol. The molecule has 0 unspecified atom stereocenters. The first kappa shape index (κ1) is 23.9. The van der Waals surface area contributed by atoms with Gasteiger partial charge in [0, 0.05) is 6.54 Å². The summed E-state index contributed by atoms with van der Waals surface area (Å²) in [4.78, 5) is 4.61. The minimum Gasteiger partial charge on any atom is -0.493 e. The predicted octanol–water partition coefficient (Wildman–Crippen LogP) is 3.76. The van der Waals surface area contributed by atoms with Gasteiger partial charge in [0.1, 0.15) is 12.4 Å². The first-order valence-electron chi connectivity index (χ1n) is 9.08. The molecule has 0 atom stereocenters. The third kappa shape index (κ3) is 7.84. The molecule has 0 fully saturated rings. The van der Waals surface area contributed by atoms with Crippen LogP contribution in [0.4, 0.5) is 0 Å². The van der Waals surface area contributed by atoms with Crippen LogP contribution in [-0.4, -0.2) is 39.9 Å². The number of halogens is 1. The zero-order chi connectivity index (χ0) is 19.5. The van der Waals surface area contributed by atoms with E-state index in [-0.39, 0.29) is 24.0 Å². The van der Waals surface area contributed by atoms with Gasteiger partial charge in [-0.1, -0.05) is 23.8 Å². The average Bonchev–Trinajstić information content (AvgIpc) is 2.70. The van der Waals surface area contributed by atoms with Gasteiger partial charge in [0.25, 0.3) is 0 Å². The Labute approximate surface area is 184 Å². The van der Waals surface area contributed by atoms with Crippen molar-refractivity contribution in [3.8, 4) is 17.2 Å². The molecule has 28 heavy (non-hydrogen) atoms. The van der Waals surface area contributed by atoms with Gasteiger partial charge in [-0.05, 0) is 43.7 Å². The van der Waals surface area contributed by atoms with E-state index >= 15 is 0 Å². The van der Waals surface area contributed by atoms with E-state index in [1.54, 1.807) is 14.2 Å². The molecule has 0 aliphatic rings. The first-order chi connectivity index (χ1) is 13.2. The Kier molecular flexibility index (Phi) is 11.2. The molecule has 154 valence electrons. The predicted molar refractivity (Wildman–Crippen MR) is 124 cm³/mol. The standard InChI is InChI=1S/C21H29N3O3.HI/c1-5-22-21(23-12-13-27-18-9-6-16(2)7-10-18)24-15-17-8-11-19(25-3)20(14-17)26-4;/h6-11,14H,5,12-13,15H2,1-4H3,(H2,22,23,24);1H. The number of hydrogen-bond donors (Lipinski definition) is 2. The highest BCUT2D eigenvalue weighted by atomic mass is 127. The first-order valence-corrected chi connectivity index (χ1v) is 9.08. The van der Waals surface area contributed by atoms with Crippen molar-refractivity contribution >= 4 is 29.9 Å². The highest BCUT2D eigenvalue weighted by Crippen LogP contribution is 2.27. The molecule has 0 bridgehead atoms. The number of hydrogen-bond acceptors (Lipinski definition) is 4. The summed E-state index contributed by atoms with van der Waals surface area (Å²) in [6, 6.07) is 13.8. The van der Waals surface area contributed by atoms with E-state index in [1.807, 2.05) is 49.4 Å². The number of ether oxygens (including phenoxy) is 3. The van der Waals surface area contributed by atoms with Crippen molar-refractivity contribution in [1.29, 1.82) is 0 Å². The summed E-state index contributed by atoms with van der Waals surface area (Å²) in [5, 5.41) is 6.52. The highest BCUT2D eigenvalue weighted by molar-refractivity contribution is 14.0. The van der Waals surface area contributed by atoms with E-state index in [2.05, 4.69) is 22.5 Å². The molecule has 0 spiro atoms. The molecule has 2 N–H and O–H groups in total. The van der Waals surface area contributed by atoms with Gasteiger partial charge in [-0.15, -0.1) is 24.0 Å². The van der Waals surface area contributed by atoms with Crippen molar-refractivity contribution in [3.05, 3.63) is 53.6 Å². The Bertz CT molecular complexity index is 736. The highest BCUT2D eigenvalue weighted by Gasteiger charge is 2.05. The second-order valence-electron chi connectivity index (χ2n) is 5.97. The Morgan fingerprint density at radius 3 is 2.32 bits per heavy atom. The van der Waals surface area contributed by atoms with Crippen LogP contribution in [0.25, 0.3) is 0 Å². The maximum absolute atomic E-state index is 5.73. The lowest BCUT2D eigenvalue weighted by Gasteiger charge is -2.13. The van der Waals surface area contributed by atoms with E-state index in [0.29, 0.717) is 31.2 Å². The summed E-state index contributed by atoms with van der Waals surface area (Å²) in [5.74, 6) is 3.03. The van der Waals surface area contributed by atoms with Crippen molar-refractivity contribution in [1.82, 2.24) is 10.6 Å². The molecule has 2 aromatic rings. The number of guanidine groups is 1. The van der Waals surface area contributed by atoms with Crippen LogP contribution < -0.4 is 24.8 Å². The molecule has 2 rings (SSSR count). The van der Waals surface area contributed by atoms with Crippen LogP contribution in [0.1, 0.15) is 18.1 Å². The van der Waals surface area contributed by atoms with Crippen molar-refractivity contribution < 1.29 is 14.2 Å². The molecular weight excluding hydrogens is 469 g/mol. The van der Waals surface area contributed by atoms with Crippen LogP contribution in [-0.2, 0) is 6.54 Å². The molecule has 0 amide bonds. The smallest absolute Gasteiger partial charge is 0.191 e. The maximum Gasteiger partial charge on any atom is 0.191 e. The van der Waals surface area contributed by atoms with Gasteiger partial charge in [-0.3, -0.25) is 0 Å². The molecule has 0 aliphatic carbocycles. The molecule has 6 nitrogen and oxygen atoms in total. The zero-order valence-electron chi connectivity index (χ0n) is 17.0. The molecule has 0 aromatic heterocycles. The van der Waals surface area contributed by atoms with E-state index in [4.69, 9.17) is 14.2 Å². The van der Waals surface area contributed by atoms with E-state index < -0.39 is 0 Å². The SMILES string of the molecule is CCNC(=NCc1ccc(OC)c(OC)c1)NCCOc1ccc(C)cc1.I. The van der Waals surface area contributed by atoms with Crippen LogP contribution in [0.15, 0.2) is 47.5 Å². The molecule has 7 heteroatoms. The van der Waals surface area contributed by atoms with Gasteiger partial charge in [0.05, 0.1) is 27.3 Å².